The van der Waals surface area contributed by atoms with Gasteiger partial charge in [0.1, 0.15) is 5.75 Å². The SMILES string of the molecule is CCCNC(c1ccc(OCC)cc1)C1C2CCCCC21. The van der Waals surface area contributed by atoms with Crippen LogP contribution in [0.25, 0.3) is 0 Å². The molecule has 0 heterocycles. The van der Waals surface area contributed by atoms with E-state index in [0.29, 0.717) is 6.04 Å². The Balaban J connectivity index is 1.72. The van der Waals surface area contributed by atoms with Crippen LogP contribution in [-0.4, -0.2) is 13.2 Å². The lowest BCUT2D eigenvalue weighted by molar-refractivity contribution is 0.340. The van der Waals surface area contributed by atoms with Gasteiger partial charge in [0.25, 0.3) is 0 Å². The highest BCUT2D eigenvalue weighted by Crippen LogP contribution is 2.60. The smallest absolute Gasteiger partial charge is 0.119 e. The Hall–Kier alpha value is -1.02. The largest absolute Gasteiger partial charge is 0.494 e. The number of fused-ring (bicyclic) bond motifs is 1. The van der Waals surface area contributed by atoms with Crippen molar-refractivity contribution in [3.8, 4) is 5.75 Å². The van der Waals surface area contributed by atoms with E-state index in [1.165, 1.54) is 37.7 Å². The Bertz CT molecular complexity index is 429. The molecule has 2 heteroatoms. The first-order chi connectivity index (χ1) is 10.3. The highest BCUT2D eigenvalue weighted by atomic mass is 16.5. The third-order valence-corrected chi connectivity index (χ3v) is 5.27. The normalized spacial score (nSPS) is 28.8. The number of hydrogen-bond acceptors (Lipinski definition) is 2. The fourth-order valence-corrected chi connectivity index (χ4v) is 4.26. The van der Waals surface area contributed by atoms with Gasteiger partial charge in [-0.15, -0.1) is 0 Å². The van der Waals surface area contributed by atoms with Gasteiger partial charge in [0, 0.05) is 6.04 Å². The lowest BCUT2D eigenvalue weighted by Gasteiger charge is -2.20. The zero-order chi connectivity index (χ0) is 14.7. The summed E-state index contributed by atoms with van der Waals surface area (Å²) in [5.41, 5.74) is 1.45. The fraction of sp³-hybridized carbons (Fsp3) is 0.684. The number of rotatable bonds is 7. The molecule has 1 aromatic rings. The average Bonchev–Trinajstić information content (AvgIpc) is 3.24. The zero-order valence-corrected chi connectivity index (χ0v) is 13.5. The summed E-state index contributed by atoms with van der Waals surface area (Å²) < 4.78 is 5.57. The molecule has 1 N–H and O–H groups in total. The summed E-state index contributed by atoms with van der Waals surface area (Å²) in [7, 11) is 0. The third-order valence-electron chi connectivity index (χ3n) is 5.27. The van der Waals surface area contributed by atoms with Gasteiger partial charge in [-0.1, -0.05) is 31.9 Å². The van der Waals surface area contributed by atoms with Crippen LogP contribution in [0.1, 0.15) is 57.6 Å². The van der Waals surface area contributed by atoms with E-state index < -0.39 is 0 Å². The lowest BCUT2D eigenvalue weighted by atomic mass is 9.99. The Morgan fingerprint density at radius 1 is 1.10 bits per heavy atom. The van der Waals surface area contributed by atoms with Gasteiger partial charge in [-0.05, 0) is 68.2 Å². The van der Waals surface area contributed by atoms with Crippen molar-refractivity contribution in [1.82, 2.24) is 5.32 Å². The van der Waals surface area contributed by atoms with E-state index in [1.807, 2.05) is 6.92 Å². The number of hydrogen-bond donors (Lipinski definition) is 1. The average molecular weight is 287 g/mol. The maximum atomic E-state index is 5.57. The molecule has 0 spiro atoms. The summed E-state index contributed by atoms with van der Waals surface area (Å²) in [4.78, 5) is 0. The predicted octanol–water partition coefficient (Wildman–Crippen LogP) is 4.56. The van der Waals surface area contributed by atoms with Crippen molar-refractivity contribution >= 4 is 0 Å². The zero-order valence-electron chi connectivity index (χ0n) is 13.5. The molecule has 116 valence electrons. The van der Waals surface area contributed by atoms with Crippen molar-refractivity contribution in [3.05, 3.63) is 29.8 Å². The highest BCUT2D eigenvalue weighted by molar-refractivity contribution is 5.31. The molecule has 3 unspecified atom stereocenters. The Morgan fingerprint density at radius 3 is 2.33 bits per heavy atom. The molecule has 21 heavy (non-hydrogen) atoms. The lowest BCUT2D eigenvalue weighted by Crippen LogP contribution is -2.25. The van der Waals surface area contributed by atoms with Gasteiger partial charge < -0.3 is 10.1 Å². The standard InChI is InChI=1S/C19H29NO/c1-3-13-20-19(18-16-7-5-6-8-17(16)18)14-9-11-15(12-10-14)21-4-2/h9-12,16-20H,3-8,13H2,1-2H3. The van der Waals surface area contributed by atoms with E-state index in [9.17, 15) is 0 Å². The third kappa shape index (κ3) is 3.26. The van der Waals surface area contributed by atoms with E-state index in [4.69, 9.17) is 4.74 Å². The van der Waals surface area contributed by atoms with E-state index in [2.05, 4.69) is 36.5 Å². The van der Waals surface area contributed by atoms with Crippen LogP contribution >= 0.6 is 0 Å². The van der Waals surface area contributed by atoms with Crippen molar-refractivity contribution in [2.24, 2.45) is 17.8 Å². The van der Waals surface area contributed by atoms with Crippen LogP contribution in [-0.2, 0) is 0 Å². The molecule has 0 amide bonds. The highest BCUT2D eigenvalue weighted by Gasteiger charge is 2.54. The molecule has 2 fully saturated rings. The minimum Gasteiger partial charge on any atom is -0.494 e. The molecule has 2 aliphatic carbocycles. The van der Waals surface area contributed by atoms with Crippen LogP contribution < -0.4 is 10.1 Å². The molecule has 0 aliphatic heterocycles. The van der Waals surface area contributed by atoms with Crippen LogP contribution in [0.2, 0.25) is 0 Å². The minimum absolute atomic E-state index is 0.550. The minimum atomic E-state index is 0.550. The second-order valence-electron chi connectivity index (χ2n) is 6.62. The summed E-state index contributed by atoms with van der Waals surface area (Å²) in [6.07, 6.45) is 7.01. The van der Waals surface area contributed by atoms with Crippen LogP contribution in [0, 0.1) is 17.8 Å². The molecule has 2 saturated carbocycles. The number of benzene rings is 1. The number of ether oxygens (including phenoxy) is 1. The van der Waals surface area contributed by atoms with Crippen LogP contribution in [0.3, 0.4) is 0 Å². The molecule has 0 bridgehead atoms. The van der Waals surface area contributed by atoms with E-state index >= 15 is 0 Å². The molecule has 0 radical (unpaired) electrons. The van der Waals surface area contributed by atoms with Gasteiger partial charge in [0.2, 0.25) is 0 Å². The molecule has 3 atom stereocenters. The summed E-state index contributed by atoms with van der Waals surface area (Å²) in [5, 5.41) is 3.81. The van der Waals surface area contributed by atoms with Crippen LogP contribution in [0.4, 0.5) is 0 Å². The van der Waals surface area contributed by atoms with Crippen molar-refractivity contribution in [2.75, 3.05) is 13.2 Å². The van der Waals surface area contributed by atoms with Gasteiger partial charge >= 0.3 is 0 Å². The molecule has 3 rings (SSSR count). The second kappa shape index (κ2) is 6.83. The molecule has 0 saturated heterocycles. The van der Waals surface area contributed by atoms with E-state index in [0.717, 1.165) is 36.7 Å². The summed E-state index contributed by atoms with van der Waals surface area (Å²) in [6.45, 7) is 6.15. The maximum absolute atomic E-state index is 5.57. The fourth-order valence-electron chi connectivity index (χ4n) is 4.26. The Labute approximate surface area is 129 Å². The van der Waals surface area contributed by atoms with Crippen molar-refractivity contribution in [3.63, 3.8) is 0 Å². The maximum Gasteiger partial charge on any atom is 0.119 e. The Morgan fingerprint density at radius 2 is 1.76 bits per heavy atom. The van der Waals surface area contributed by atoms with Crippen LogP contribution in [0.5, 0.6) is 5.75 Å². The first kappa shape index (κ1) is 14.9. The molecule has 1 aromatic carbocycles. The van der Waals surface area contributed by atoms with Crippen molar-refractivity contribution in [1.29, 1.82) is 0 Å². The summed E-state index contributed by atoms with van der Waals surface area (Å²) >= 11 is 0. The van der Waals surface area contributed by atoms with Gasteiger partial charge in [0.15, 0.2) is 0 Å². The van der Waals surface area contributed by atoms with E-state index in [-0.39, 0.29) is 0 Å². The Kier molecular flexibility index (Phi) is 4.84. The topological polar surface area (TPSA) is 21.3 Å². The van der Waals surface area contributed by atoms with Gasteiger partial charge in [-0.3, -0.25) is 0 Å². The monoisotopic (exact) mass is 287 g/mol. The molecular formula is C19H29NO. The van der Waals surface area contributed by atoms with Crippen LogP contribution in [0.15, 0.2) is 24.3 Å². The summed E-state index contributed by atoms with van der Waals surface area (Å²) in [5.74, 6) is 3.83. The van der Waals surface area contributed by atoms with Gasteiger partial charge in [-0.2, -0.15) is 0 Å². The predicted molar refractivity (Wildman–Crippen MR) is 87.6 cm³/mol. The van der Waals surface area contributed by atoms with Gasteiger partial charge in [-0.25, -0.2) is 0 Å². The van der Waals surface area contributed by atoms with E-state index in [1.54, 1.807) is 0 Å². The molecular weight excluding hydrogens is 258 g/mol. The first-order valence-corrected chi connectivity index (χ1v) is 8.81. The second-order valence-corrected chi connectivity index (χ2v) is 6.62. The molecule has 2 aliphatic rings. The quantitative estimate of drug-likeness (QED) is 0.793. The number of nitrogens with one attached hydrogen (secondary N) is 1. The summed E-state index contributed by atoms with van der Waals surface area (Å²) in [6, 6.07) is 9.34. The first-order valence-electron chi connectivity index (χ1n) is 8.81. The molecule has 2 nitrogen and oxygen atoms in total. The van der Waals surface area contributed by atoms with Crippen molar-refractivity contribution < 1.29 is 4.74 Å². The van der Waals surface area contributed by atoms with Crippen molar-refractivity contribution in [2.45, 2.75) is 52.0 Å². The van der Waals surface area contributed by atoms with Gasteiger partial charge in [0.05, 0.1) is 6.61 Å². The molecule has 0 aromatic heterocycles.